The molecule has 2 aliphatic rings. The largest absolute Gasteiger partial charge is 0.383 e. The van der Waals surface area contributed by atoms with E-state index in [-0.39, 0.29) is 5.54 Å². The molecule has 0 spiro atoms. The van der Waals surface area contributed by atoms with Crippen molar-refractivity contribution in [1.82, 2.24) is 14.9 Å². The first-order valence-electron chi connectivity index (χ1n) is 13.7. The van der Waals surface area contributed by atoms with Crippen molar-refractivity contribution in [2.75, 3.05) is 81.8 Å². The van der Waals surface area contributed by atoms with Crippen molar-refractivity contribution >= 4 is 47.1 Å². The van der Waals surface area contributed by atoms with E-state index < -0.39 is 0 Å². The second kappa shape index (κ2) is 14.5. The molecule has 0 unspecified atom stereocenters. The van der Waals surface area contributed by atoms with Crippen LogP contribution in [-0.2, 0) is 20.8 Å². The maximum atomic E-state index is 12.2. The summed E-state index contributed by atoms with van der Waals surface area (Å²) in [5.41, 5.74) is 0.619. The van der Waals surface area contributed by atoms with Gasteiger partial charge < -0.3 is 29.4 Å². The van der Waals surface area contributed by atoms with Gasteiger partial charge >= 0.3 is 0 Å². The molecule has 1 aliphatic carbocycles. The number of nitrogens with one attached hydrogen (secondary N) is 1. The van der Waals surface area contributed by atoms with Crippen LogP contribution in [0.1, 0.15) is 37.7 Å². The Kier molecular flexibility index (Phi) is 11.0. The molecule has 214 valence electrons. The molecule has 4 rings (SSSR count). The number of ether oxygens (including phenoxy) is 2. The molecule has 1 N–H and O–H groups in total. The van der Waals surface area contributed by atoms with Gasteiger partial charge in [-0.1, -0.05) is 48.5 Å². The molecule has 0 atom stereocenters. The van der Waals surface area contributed by atoms with Crippen LogP contribution in [0.25, 0.3) is 0 Å². The minimum absolute atomic E-state index is 0.311. The summed E-state index contributed by atoms with van der Waals surface area (Å²) in [7, 11) is 3.39. The van der Waals surface area contributed by atoms with Crippen molar-refractivity contribution in [3.05, 3.63) is 39.9 Å². The second-order valence-corrected chi connectivity index (χ2v) is 11.1. The van der Waals surface area contributed by atoms with Crippen LogP contribution in [0.4, 0.5) is 17.6 Å². The molecule has 1 saturated carbocycles. The smallest absolute Gasteiger partial charge is 0.229 e. The number of halogens is 2. The molecule has 1 aromatic heterocycles. The van der Waals surface area contributed by atoms with Gasteiger partial charge in [0.15, 0.2) is 0 Å². The summed E-state index contributed by atoms with van der Waals surface area (Å²) in [4.78, 5) is 28.8. The average molecular weight is 580 g/mol. The van der Waals surface area contributed by atoms with Gasteiger partial charge in [-0.2, -0.15) is 9.97 Å². The zero-order valence-electron chi connectivity index (χ0n) is 23.0. The lowest BCUT2D eigenvalue weighted by Gasteiger charge is -2.46. The van der Waals surface area contributed by atoms with Gasteiger partial charge in [0.05, 0.1) is 18.8 Å². The molecule has 11 heteroatoms. The van der Waals surface area contributed by atoms with Gasteiger partial charge in [-0.25, -0.2) is 0 Å². The number of hydrogen-bond acceptors (Lipinski definition) is 9. The van der Waals surface area contributed by atoms with E-state index in [1.165, 1.54) is 12.7 Å². The van der Waals surface area contributed by atoms with Crippen molar-refractivity contribution in [2.24, 2.45) is 0 Å². The molecular formula is C28H40Cl2N6O3. The zero-order valence-corrected chi connectivity index (χ0v) is 24.5. The van der Waals surface area contributed by atoms with Crippen LogP contribution in [0.2, 0.25) is 10.0 Å². The van der Waals surface area contributed by atoms with Crippen LogP contribution in [0, 0.1) is 0 Å². The maximum absolute atomic E-state index is 12.2. The van der Waals surface area contributed by atoms with E-state index in [0.29, 0.717) is 54.7 Å². The normalized spacial score (nSPS) is 17.7. The number of methoxy groups -OCH3 is 2. The van der Waals surface area contributed by atoms with Crippen molar-refractivity contribution in [1.29, 1.82) is 0 Å². The summed E-state index contributed by atoms with van der Waals surface area (Å²) in [6, 6.07) is 7.44. The fraction of sp³-hybridized carbons (Fsp3) is 0.607. The molecule has 2 heterocycles. The van der Waals surface area contributed by atoms with Crippen molar-refractivity contribution in [3.63, 3.8) is 0 Å². The first-order chi connectivity index (χ1) is 19.0. The lowest BCUT2D eigenvalue weighted by Crippen LogP contribution is -2.59. The van der Waals surface area contributed by atoms with Gasteiger partial charge in [0.25, 0.3) is 0 Å². The lowest BCUT2D eigenvalue weighted by atomic mass is 9.81. The van der Waals surface area contributed by atoms with Gasteiger partial charge in [-0.3, -0.25) is 4.90 Å². The Labute approximate surface area is 241 Å². The van der Waals surface area contributed by atoms with Crippen molar-refractivity contribution in [2.45, 2.75) is 44.2 Å². The highest BCUT2D eigenvalue weighted by Crippen LogP contribution is 2.33. The Morgan fingerprint density at radius 3 is 2.31 bits per heavy atom. The molecule has 2 fully saturated rings. The maximum Gasteiger partial charge on any atom is 0.229 e. The number of piperazine rings is 1. The highest BCUT2D eigenvalue weighted by Gasteiger charge is 2.39. The fourth-order valence-electron chi connectivity index (χ4n) is 5.44. The van der Waals surface area contributed by atoms with Crippen LogP contribution in [0.5, 0.6) is 0 Å². The molecule has 9 nitrogen and oxygen atoms in total. The Morgan fingerprint density at radius 2 is 1.69 bits per heavy atom. The summed E-state index contributed by atoms with van der Waals surface area (Å²) in [5, 5.41) is 4.64. The van der Waals surface area contributed by atoms with Crippen LogP contribution in [-0.4, -0.2) is 93.4 Å². The number of aromatic nitrogens is 2. The summed E-state index contributed by atoms with van der Waals surface area (Å²) in [6.07, 6.45) is 6.57. The summed E-state index contributed by atoms with van der Waals surface area (Å²) in [5.74, 6) is 2.18. The molecule has 1 aliphatic heterocycles. The third-order valence-electron chi connectivity index (χ3n) is 7.76. The minimum atomic E-state index is -0.311. The Bertz CT molecular complexity index is 1070. The number of carbonyl (C=O) groups is 1. The summed E-state index contributed by atoms with van der Waals surface area (Å²) >= 11 is 12.5. The predicted octanol–water partition coefficient (Wildman–Crippen LogP) is 4.52. The molecule has 0 radical (unpaired) electrons. The topological polar surface area (TPSA) is 83.1 Å². The summed E-state index contributed by atoms with van der Waals surface area (Å²) in [6.45, 7) is 6.13. The number of nitrogens with zero attached hydrogens (tertiary/aromatic N) is 5. The van der Waals surface area contributed by atoms with Crippen LogP contribution in [0.15, 0.2) is 24.3 Å². The third-order valence-corrected chi connectivity index (χ3v) is 8.35. The number of hydrogen-bond donors (Lipinski definition) is 1. The monoisotopic (exact) mass is 578 g/mol. The molecular weight excluding hydrogens is 539 g/mol. The molecule has 39 heavy (non-hydrogen) atoms. The van der Waals surface area contributed by atoms with E-state index in [4.69, 9.17) is 42.6 Å². The Morgan fingerprint density at radius 1 is 1.00 bits per heavy atom. The van der Waals surface area contributed by atoms with Crippen molar-refractivity contribution < 1.29 is 14.3 Å². The van der Waals surface area contributed by atoms with E-state index in [0.717, 1.165) is 63.2 Å². The van der Waals surface area contributed by atoms with Crippen LogP contribution >= 0.6 is 23.2 Å². The van der Waals surface area contributed by atoms with E-state index in [9.17, 15) is 4.79 Å². The number of aldehydes is 1. The minimum Gasteiger partial charge on any atom is -0.383 e. The van der Waals surface area contributed by atoms with Gasteiger partial charge in [-0.15, -0.1) is 0 Å². The first kappa shape index (κ1) is 29.8. The Hall–Kier alpha value is -2.17. The van der Waals surface area contributed by atoms with Crippen LogP contribution < -0.4 is 15.1 Å². The number of benzene rings is 1. The highest BCUT2D eigenvalue weighted by molar-refractivity contribution is 6.35. The molecule has 0 bridgehead atoms. The lowest BCUT2D eigenvalue weighted by molar-refractivity contribution is -0.121. The fourth-order valence-corrected chi connectivity index (χ4v) is 5.91. The molecule has 2 aromatic rings. The quantitative estimate of drug-likeness (QED) is 0.345. The van der Waals surface area contributed by atoms with Gasteiger partial charge in [0.2, 0.25) is 5.95 Å². The summed E-state index contributed by atoms with van der Waals surface area (Å²) < 4.78 is 10.7. The Balaban J connectivity index is 1.55. The number of carbonyl (C=O) groups excluding carboxylic acids is 1. The zero-order chi connectivity index (χ0) is 27.7. The number of rotatable bonds is 13. The van der Waals surface area contributed by atoms with Gasteiger partial charge in [-0.05, 0) is 30.5 Å². The van der Waals surface area contributed by atoms with Gasteiger partial charge in [0.1, 0.15) is 17.9 Å². The standard InChI is InChI=1S/C28H40Cl2N6O3/c1-38-16-14-34(15-17-39-2)26-19-25(31-20-22-6-7-23(29)18-24(22)30)32-27(33-26)35-10-12-36(13-11-35)28(21-37)8-4-3-5-9-28/h6-7,18-19,21H,3-5,8-17,20H2,1-2H3,(H,31,32,33). The van der Waals surface area contributed by atoms with E-state index in [2.05, 4.69) is 20.0 Å². The SMILES string of the molecule is COCCN(CCOC)c1cc(NCc2ccc(Cl)cc2Cl)nc(N2CCN(C3(C=O)CCCCC3)CC2)n1. The molecule has 1 aromatic carbocycles. The first-order valence-corrected chi connectivity index (χ1v) is 14.5. The molecule has 1 saturated heterocycles. The third kappa shape index (κ3) is 7.73. The highest BCUT2D eigenvalue weighted by atomic mass is 35.5. The van der Waals surface area contributed by atoms with Crippen molar-refractivity contribution in [3.8, 4) is 0 Å². The molecule has 0 amide bonds. The van der Waals surface area contributed by atoms with Crippen LogP contribution in [0.3, 0.4) is 0 Å². The van der Waals surface area contributed by atoms with Gasteiger partial charge in [0, 0.05) is 76.1 Å². The predicted molar refractivity (Wildman–Crippen MR) is 157 cm³/mol. The van der Waals surface area contributed by atoms with E-state index >= 15 is 0 Å². The second-order valence-electron chi connectivity index (χ2n) is 10.2. The number of anilines is 3. The van der Waals surface area contributed by atoms with E-state index in [1.54, 1.807) is 20.3 Å². The average Bonchev–Trinajstić information content (AvgIpc) is 2.97. The van der Waals surface area contributed by atoms with E-state index in [1.807, 2.05) is 18.2 Å².